The number of benzene rings is 1. The molecule has 72 valence electrons. The average molecular weight is 322 g/mol. The van der Waals surface area contributed by atoms with Gasteiger partial charge in [-0.15, -0.1) is 0 Å². The van der Waals surface area contributed by atoms with Gasteiger partial charge in [0, 0.05) is 11.1 Å². The fraction of sp³-hybridized carbons (Fsp3) is 0.0909. The third-order valence-corrected chi connectivity index (χ3v) is 1.91. The van der Waals surface area contributed by atoms with E-state index in [-0.39, 0.29) is 68.9 Å². The minimum absolute atomic E-state index is 0. The van der Waals surface area contributed by atoms with Gasteiger partial charge in [-0.2, -0.15) is 0 Å². The molecule has 0 saturated heterocycles. The summed E-state index contributed by atoms with van der Waals surface area (Å²) in [5, 5.41) is 10.4. The number of carbonyl (C=O) groups excluding carboxylic acids is 2. The fourth-order valence-electron chi connectivity index (χ4n) is 1.08. The van der Waals surface area contributed by atoms with Crippen LogP contribution in [0.3, 0.4) is 0 Å². The molecule has 4 heteroatoms. The van der Waals surface area contributed by atoms with Gasteiger partial charge in [0.1, 0.15) is 0 Å². The molecule has 0 unspecified atom stereocenters. The summed E-state index contributed by atoms with van der Waals surface area (Å²) in [6.07, 6.45) is 0. The van der Waals surface area contributed by atoms with Gasteiger partial charge >= 0.3 is 68.9 Å². The third kappa shape index (κ3) is 3.90. The smallest absolute Gasteiger partial charge is 0.545 e. The SMILES string of the molecule is C=C(C(=O)[O-])C(=O)c1ccccc1C.[Cs+]. The number of rotatable bonds is 3. The van der Waals surface area contributed by atoms with Crippen LogP contribution in [0.2, 0.25) is 0 Å². The van der Waals surface area contributed by atoms with Crippen LogP contribution < -0.4 is 74.0 Å². The van der Waals surface area contributed by atoms with Crippen molar-refractivity contribution in [3.8, 4) is 0 Å². The van der Waals surface area contributed by atoms with Crippen molar-refractivity contribution in [2.24, 2.45) is 0 Å². The number of carboxylic acids is 1. The van der Waals surface area contributed by atoms with Crippen molar-refractivity contribution in [1.82, 2.24) is 0 Å². The van der Waals surface area contributed by atoms with E-state index in [1.807, 2.05) is 0 Å². The van der Waals surface area contributed by atoms with Crippen LogP contribution in [0, 0.1) is 6.92 Å². The van der Waals surface area contributed by atoms with E-state index in [1.54, 1.807) is 31.2 Å². The molecular weight excluding hydrogens is 313 g/mol. The van der Waals surface area contributed by atoms with Gasteiger partial charge in [0.2, 0.25) is 0 Å². The monoisotopic (exact) mass is 322 g/mol. The summed E-state index contributed by atoms with van der Waals surface area (Å²) in [4.78, 5) is 21.9. The van der Waals surface area contributed by atoms with Crippen LogP contribution in [0.5, 0.6) is 0 Å². The maximum absolute atomic E-state index is 11.5. The van der Waals surface area contributed by atoms with Gasteiger partial charge in [-0.05, 0) is 12.5 Å². The van der Waals surface area contributed by atoms with E-state index in [9.17, 15) is 14.7 Å². The van der Waals surface area contributed by atoms with E-state index < -0.39 is 17.3 Å². The summed E-state index contributed by atoms with van der Waals surface area (Å²) in [7, 11) is 0. The Labute approximate surface area is 147 Å². The molecule has 0 aromatic heterocycles. The molecule has 0 aliphatic rings. The number of Topliss-reactive ketones (excluding diaryl/α,β-unsaturated/α-hetero) is 1. The minimum Gasteiger partial charge on any atom is -0.545 e. The fourth-order valence-corrected chi connectivity index (χ4v) is 1.08. The number of carboxylic acid groups (broad SMARTS) is 1. The van der Waals surface area contributed by atoms with Crippen molar-refractivity contribution >= 4 is 11.8 Å². The Hall–Kier alpha value is 0.152. The van der Waals surface area contributed by atoms with E-state index in [1.165, 1.54) is 0 Å². The first-order valence-corrected chi connectivity index (χ1v) is 4.04. The van der Waals surface area contributed by atoms with E-state index >= 15 is 0 Å². The molecule has 0 radical (unpaired) electrons. The molecule has 0 aliphatic heterocycles. The molecule has 0 fully saturated rings. The van der Waals surface area contributed by atoms with Crippen molar-refractivity contribution < 1.29 is 83.6 Å². The zero-order valence-electron chi connectivity index (χ0n) is 8.74. The Balaban J connectivity index is 0.00000196. The zero-order valence-corrected chi connectivity index (χ0v) is 15.0. The van der Waals surface area contributed by atoms with Crippen LogP contribution >= 0.6 is 0 Å². The second-order valence-corrected chi connectivity index (χ2v) is 2.91. The molecular formula is C11H9CsO3. The number of aryl methyl sites for hydroxylation is 1. The predicted molar refractivity (Wildman–Crippen MR) is 49.7 cm³/mol. The van der Waals surface area contributed by atoms with Gasteiger partial charge in [0.15, 0.2) is 5.78 Å². The molecule has 1 rings (SSSR count). The van der Waals surface area contributed by atoms with E-state index in [4.69, 9.17) is 0 Å². The van der Waals surface area contributed by atoms with Crippen molar-refractivity contribution in [3.63, 3.8) is 0 Å². The van der Waals surface area contributed by atoms with Crippen LogP contribution in [0.25, 0.3) is 0 Å². The summed E-state index contributed by atoms with van der Waals surface area (Å²) < 4.78 is 0. The summed E-state index contributed by atoms with van der Waals surface area (Å²) in [6, 6.07) is 6.73. The predicted octanol–water partition coefficient (Wildman–Crippen LogP) is -2.51. The Morgan fingerprint density at radius 3 is 2.27 bits per heavy atom. The topological polar surface area (TPSA) is 57.2 Å². The van der Waals surface area contributed by atoms with Crippen LogP contribution in [0.4, 0.5) is 0 Å². The van der Waals surface area contributed by atoms with Gasteiger partial charge in [0.25, 0.3) is 0 Å². The van der Waals surface area contributed by atoms with Crippen LogP contribution in [-0.2, 0) is 4.79 Å². The second-order valence-electron chi connectivity index (χ2n) is 2.91. The maximum atomic E-state index is 11.5. The Morgan fingerprint density at radius 2 is 1.80 bits per heavy atom. The molecule has 0 aliphatic carbocycles. The summed E-state index contributed by atoms with van der Waals surface area (Å²) in [5.74, 6) is -2.12. The largest absolute Gasteiger partial charge is 1.00 e. The molecule has 3 nitrogen and oxygen atoms in total. The van der Waals surface area contributed by atoms with E-state index in [0.29, 0.717) is 5.56 Å². The van der Waals surface area contributed by atoms with E-state index in [0.717, 1.165) is 5.56 Å². The van der Waals surface area contributed by atoms with Crippen molar-refractivity contribution in [3.05, 3.63) is 47.5 Å². The normalized spacial score (nSPS) is 8.87. The van der Waals surface area contributed by atoms with Crippen LogP contribution in [0.15, 0.2) is 36.4 Å². The first kappa shape index (κ1) is 15.2. The Bertz CT molecular complexity index is 410. The number of aliphatic carboxylic acids is 1. The molecule has 1 aromatic rings. The first-order valence-electron chi connectivity index (χ1n) is 4.04. The molecule has 0 bridgehead atoms. The molecule has 0 atom stereocenters. The molecule has 0 N–H and O–H groups in total. The van der Waals surface area contributed by atoms with Crippen molar-refractivity contribution in [2.75, 3.05) is 0 Å². The molecule has 15 heavy (non-hydrogen) atoms. The number of ketones is 1. The summed E-state index contributed by atoms with van der Waals surface area (Å²) in [5.41, 5.74) is 0.556. The minimum atomic E-state index is -1.53. The Morgan fingerprint density at radius 1 is 1.27 bits per heavy atom. The number of hydrogen-bond donors (Lipinski definition) is 0. The van der Waals surface area contributed by atoms with Crippen molar-refractivity contribution in [1.29, 1.82) is 0 Å². The zero-order chi connectivity index (χ0) is 10.7. The molecule has 0 heterocycles. The maximum Gasteiger partial charge on any atom is 1.00 e. The molecule has 0 amide bonds. The number of carbonyl (C=O) groups is 2. The average Bonchev–Trinajstić information content (AvgIpc) is 2.16. The van der Waals surface area contributed by atoms with Gasteiger partial charge < -0.3 is 9.90 Å². The van der Waals surface area contributed by atoms with Gasteiger partial charge in [-0.25, -0.2) is 0 Å². The van der Waals surface area contributed by atoms with Gasteiger partial charge in [-0.3, -0.25) is 4.79 Å². The van der Waals surface area contributed by atoms with Gasteiger partial charge in [-0.1, -0.05) is 30.8 Å². The van der Waals surface area contributed by atoms with Crippen molar-refractivity contribution in [2.45, 2.75) is 6.92 Å². The first-order chi connectivity index (χ1) is 6.54. The molecule has 0 saturated carbocycles. The number of hydrogen-bond acceptors (Lipinski definition) is 3. The summed E-state index contributed by atoms with van der Waals surface area (Å²) >= 11 is 0. The Kier molecular flexibility index (Phi) is 6.74. The molecule has 1 aromatic carbocycles. The van der Waals surface area contributed by atoms with E-state index in [2.05, 4.69) is 6.58 Å². The second kappa shape index (κ2) is 6.67. The van der Waals surface area contributed by atoms with Crippen LogP contribution in [-0.4, -0.2) is 11.8 Å². The standard InChI is InChI=1S/C11H10O3.Cs/c1-7-5-3-4-6-9(7)10(12)8(2)11(13)14;/h3-6H,2H2,1H3,(H,13,14);/q;+1/p-1. The molecule has 0 spiro atoms. The quantitative estimate of drug-likeness (QED) is 0.267. The van der Waals surface area contributed by atoms with Crippen LogP contribution in [0.1, 0.15) is 15.9 Å². The van der Waals surface area contributed by atoms with Gasteiger partial charge in [0.05, 0.1) is 5.97 Å². The summed E-state index contributed by atoms with van der Waals surface area (Å²) in [6.45, 7) is 4.89. The third-order valence-electron chi connectivity index (χ3n) is 1.91.